The monoisotopic (exact) mass is 556 g/mol. The van der Waals surface area contributed by atoms with Gasteiger partial charge >= 0.3 is 0 Å². The van der Waals surface area contributed by atoms with Gasteiger partial charge in [0.25, 0.3) is 0 Å². The van der Waals surface area contributed by atoms with Gasteiger partial charge in [-0.1, -0.05) is 18.1 Å². The third-order valence-corrected chi connectivity index (χ3v) is 8.03. The van der Waals surface area contributed by atoms with Crippen LogP contribution in [-0.4, -0.2) is 87.4 Å². The number of nitrogens with zero attached hydrogens (tertiary/aromatic N) is 6. The number of aliphatic hydroxyl groups excluding tert-OH is 1. The summed E-state index contributed by atoms with van der Waals surface area (Å²) >= 11 is 6.26. The maximum absolute atomic E-state index is 10.00. The van der Waals surface area contributed by atoms with Gasteiger partial charge in [0.15, 0.2) is 17.0 Å². The van der Waals surface area contributed by atoms with E-state index < -0.39 is 20.3 Å². The number of aromatic nitrogens is 7. The van der Waals surface area contributed by atoms with Crippen molar-refractivity contribution < 1.29 is 29.1 Å². The van der Waals surface area contributed by atoms with E-state index in [9.17, 15) is 14.9 Å². The van der Waals surface area contributed by atoms with Gasteiger partial charge in [0.1, 0.15) is 18.2 Å². The first-order valence-corrected chi connectivity index (χ1v) is 13.8. The zero-order valence-corrected chi connectivity index (χ0v) is 21.7. The third-order valence-electron chi connectivity index (χ3n) is 6.74. The average Bonchev–Trinajstić information content (AvgIpc) is 3.69. The molecule has 0 amide bonds. The number of hydrogen-bond acceptors (Lipinski definition) is 12. The van der Waals surface area contributed by atoms with Crippen LogP contribution >= 0.6 is 20.0 Å². The Morgan fingerprint density at radius 1 is 1.24 bits per heavy atom. The highest BCUT2D eigenvalue weighted by Crippen LogP contribution is 2.44. The maximum atomic E-state index is 10.00. The zero-order valence-electron chi connectivity index (χ0n) is 20.0. The van der Waals surface area contributed by atoms with E-state index in [2.05, 4.69) is 36.0 Å². The van der Waals surface area contributed by atoms with E-state index in [0.717, 1.165) is 24.1 Å². The zero-order chi connectivity index (χ0) is 25.8. The van der Waals surface area contributed by atoms with Gasteiger partial charge in [-0.25, -0.2) is 4.52 Å². The lowest BCUT2D eigenvalue weighted by Gasteiger charge is -2.33. The largest absolute Gasteiger partial charge is 0.393 e. The van der Waals surface area contributed by atoms with Crippen LogP contribution in [0.5, 0.6) is 0 Å². The summed E-state index contributed by atoms with van der Waals surface area (Å²) < 4.78 is 19.3. The van der Waals surface area contributed by atoms with Crippen molar-refractivity contribution in [2.75, 3.05) is 25.1 Å². The van der Waals surface area contributed by atoms with E-state index in [1.54, 1.807) is 4.52 Å². The summed E-state index contributed by atoms with van der Waals surface area (Å²) in [7, 11) is -2.68. The number of anilines is 1. The Labute approximate surface area is 218 Å². The fourth-order valence-electron chi connectivity index (χ4n) is 4.75. The van der Waals surface area contributed by atoms with Crippen molar-refractivity contribution in [3.63, 3.8) is 0 Å². The summed E-state index contributed by atoms with van der Waals surface area (Å²) in [6.07, 6.45) is 5.41. The van der Waals surface area contributed by atoms with Gasteiger partial charge in [-0.15, -0.1) is 15.3 Å². The second kappa shape index (κ2) is 11.8. The Morgan fingerprint density at radius 2 is 2.08 bits per heavy atom. The number of nitrogens with one attached hydrogen (secondary N) is 2. The first-order chi connectivity index (χ1) is 18.0. The summed E-state index contributed by atoms with van der Waals surface area (Å²) in [6.45, 7) is -0.918. The smallest absolute Gasteiger partial charge is 0.243 e. The Hall–Kier alpha value is -2.03. The maximum Gasteiger partial charge on any atom is 0.243 e. The predicted molar refractivity (Wildman–Crippen MR) is 132 cm³/mol. The molecule has 3 atom stereocenters. The quantitative estimate of drug-likeness (QED) is 0.204. The molecule has 0 bridgehead atoms. The van der Waals surface area contributed by atoms with Crippen molar-refractivity contribution in [3.05, 3.63) is 28.9 Å². The number of aliphatic hydroxyl groups is 1. The fourth-order valence-corrected chi connectivity index (χ4v) is 5.44. The number of fused-ring (bicyclic) bond motifs is 1. The SMILES string of the molecule is OCC(COCc1nn[nH]n1)(OCC1CCC(c2ccc3c(NC4CCCC4)nc(Cl)nn23)O1)P(O)O. The van der Waals surface area contributed by atoms with Crippen LogP contribution in [0.2, 0.25) is 5.28 Å². The van der Waals surface area contributed by atoms with Crippen LogP contribution in [0.4, 0.5) is 5.82 Å². The van der Waals surface area contributed by atoms with Crippen molar-refractivity contribution in [2.45, 2.75) is 68.7 Å². The Balaban J connectivity index is 1.22. The number of H-pyrrole nitrogens is 1. The molecule has 14 nitrogen and oxygen atoms in total. The van der Waals surface area contributed by atoms with Gasteiger partial charge in [-0.05, 0) is 49.4 Å². The minimum atomic E-state index is -2.68. The Kier molecular flexibility index (Phi) is 8.47. The van der Waals surface area contributed by atoms with Crippen molar-refractivity contribution in [3.8, 4) is 0 Å². The normalized spacial score (nSPS) is 22.3. The molecule has 1 saturated carbocycles. The van der Waals surface area contributed by atoms with E-state index in [0.29, 0.717) is 30.5 Å². The first-order valence-electron chi connectivity index (χ1n) is 12.2. The van der Waals surface area contributed by atoms with Crippen LogP contribution in [0.3, 0.4) is 0 Å². The molecule has 4 heterocycles. The Bertz CT molecular complexity index is 1160. The number of ether oxygens (including phenoxy) is 3. The molecular weight excluding hydrogens is 527 g/mol. The molecule has 3 aromatic heterocycles. The van der Waals surface area contributed by atoms with Gasteiger partial charge in [-0.2, -0.15) is 10.2 Å². The molecule has 2 fully saturated rings. The van der Waals surface area contributed by atoms with E-state index in [1.165, 1.54) is 12.8 Å². The standard InChI is InChI=1S/C21H30ClN8O6P/c22-20-24-19(23-13-3-1-2-4-13)16-7-6-15(30(16)27-20)17-8-5-14(36-17)9-35-21(11-31,37(32)33)12-34-10-18-25-28-29-26-18/h6-7,13-14,17,31-33H,1-5,8-12H2,(H,23,24,27)(H,25,26,28,29). The van der Waals surface area contributed by atoms with E-state index in [4.69, 9.17) is 25.8 Å². The van der Waals surface area contributed by atoms with Crippen molar-refractivity contribution in [1.82, 2.24) is 35.2 Å². The topological polar surface area (TPSA) is 185 Å². The molecule has 3 aromatic rings. The highest BCUT2D eigenvalue weighted by Gasteiger charge is 2.41. The molecule has 37 heavy (non-hydrogen) atoms. The van der Waals surface area contributed by atoms with Crippen LogP contribution in [0.25, 0.3) is 5.52 Å². The van der Waals surface area contributed by atoms with Crippen LogP contribution in [0.1, 0.15) is 56.1 Å². The number of hydrogen-bond donors (Lipinski definition) is 5. The highest BCUT2D eigenvalue weighted by molar-refractivity contribution is 7.46. The molecule has 0 radical (unpaired) electrons. The third kappa shape index (κ3) is 6.02. The first kappa shape index (κ1) is 26.6. The molecule has 202 valence electrons. The minimum Gasteiger partial charge on any atom is -0.393 e. The van der Waals surface area contributed by atoms with Crippen LogP contribution in [0.15, 0.2) is 12.1 Å². The molecule has 3 unspecified atom stereocenters. The number of halogens is 1. The van der Waals surface area contributed by atoms with E-state index in [-0.39, 0.29) is 37.3 Å². The number of rotatable bonds is 12. The lowest BCUT2D eigenvalue weighted by molar-refractivity contribution is -0.111. The molecule has 2 aliphatic rings. The molecular formula is C21H30ClN8O6P. The Morgan fingerprint density at radius 3 is 2.81 bits per heavy atom. The molecule has 1 aliphatic carbocycles. The van der Waals surface area contributed by atoms with E-state index in [1.807, 2.05) is 12.1 Å². The van der Waals surface area contributed by atoms with Crippen LogP contribution in [0, 0.1) is 0 Å². The summed E-state index contributed by atoms with van der Waals surface area (Å²) in [5.74, 6) is 1.00. The van der Waals surface area contributed by atoms with Gasteiger partial charge in [-0.3, -0.25) is 0 Å². The minimum absolute atomic E-state index is 0.0317. The summed E-state index contributed by atoms with van der Waals surface area (Å²) in [5, 5.41) is 29.6. The van der Waals surface area contributed by atoms with Gasteiger partial charge < -0.3 is 34.4 Å². The van der Waals surface area contributed by atoms with Gasteiger partial charge in [0.05, 0.1) is 31.6 Å². The van der Waals surface area contributed by atoms with Crippen molar-refractivity contribution >= 4 is 31.3 Å². The van der Waals surface area contributed by atoms with Crippen molar-refractivity contribution in [2.24, 2.45) is 0 Å². The highest BCUT2D eigenvalue weighted by atomic mass is 35.5. The molecule has 1 saturated heterocycles. The van der Waals surface area contributed by atoms with Gasteiger partial charge in [0.2, 0.25) is 13.7 Å². The molecule has 1 aliphatic heterocycles. The van der Waals surface area contributed by atoms with Crippen LogP contribution < -0.4 is 5.32 Å². The van der Waals surface area contributed by atoms with Crippen LogP contribution in [-0.2, 0) is 20.8 Å². The number of tetrazole rings is 1. The number of aromatic amines is 1. The molecule has 5 N–H and O–H groups in total. The predicted octanol–water partition coefficient (Wildman–Crippen LogP) is 1.69. The van der Waals surface area contributed by atoms with E-state index >= 15 is 0 Å². The summed E-state index contributed by atoms with van der Waals surface area (Å²) in [5.41, 5.74) is 1.68. The average molecular weight is 557 g/mol. The summed E-state index contributed by atoms with van der Waals surface area (Å²) in [4.78, 5) is 24.4. The lowest BCUT2D eigenvalue weighted by atomic mass is 10.1. The second-order valence-corrected chi connectivity index (χ2v) is 11.0. The van der Waals surface area contributed by atoms with Crippen molar-refractivity contribution in [1.29, 1.82) is 0 Å². The molecule has 0 aromatic carbocycles. The van der Waals surface area contributed by atoms with Gasteiger partial charge in [0, 0.05) is 6.04 Å². The molecule has 0 spiro atoms. The summed E-state index contributed by atoms with van der Waals surface area (Å²) in [6, 6.07) is 4.29. The lowest BCUT2D eigenvalue weighted by Crippen LogP contribution is -2.42. The molecule has 16 heteroatoms. The fraction of sp³-hybridized carbons (Fsp3) is 0.667. The second-order valence-electron chi connectivity index (χ2n) is 9.26. The molecule has 5 rings (SSSR count).